The standard InChI is InChI=1S/C17H28N2O/c1-3-19(14-17-9-6-12-20-17)13-16-8-5-4-7-15(16)10-11-18-2/h4-5,7-8,17-18H,3,6,9-14H2,1-2H3. The van der Waals surface area contributed by atoms with Crippen LogP contribution >= 0.6 is 0 Å². The van der Waals surface area contributed by atoms with E-state index >= 15 is 0 Å². The number of likely N-dealkylation sites (N-methyl/N-ethyl adjacent to an activating group) is 2. The summed E-state index contributed by atoms with van der Waals surface area (Å²) < 4.78 is 5.77. The highest BCUT2D eigenvalue weighted by Crippen LogP contribution is 2.17. The van der Waals surface area contributed by atoms with Crippen LogP contribution in [0.2, 0.25) is 0 Å². The van der Waals surface area contributed by atoms with Crippen molar-refractivity contribution in [2.24, 2.45) is 0 Å². The first kappa shape index (κ1) is 15.5. The zero-order valence-electron chi connectivity index (χ0n) is 12.9. The van der Waals surface area contributed by atoms with Crippen molar-refractivity contribution in [3.05, 3.63) is 35.4 Å². The van der Waals surface area contributed by atoms with Gasteiger partial charge in [0.15, 0.2) is 0 Å². The second-order valence-corrected chi connectivity index (χ2v) is 5.59. The minimum absolute atomic E-state index is 0.444. The monoisotopic (exact) mass is 276 g/mol. The lowest BCUT2D eigenvalue weighted by Gasteiger charge is -2.24. The van der Waals surface area contributed by atoms with Crippen LogP contribution < -0.4 is 5.32 Å². The van der Waals surface area contributed by atoms with Gasteiger partial charge in [-0.3, -0.25) is 4.90 Å². The number of hydrogen-bond acceptors (Lipinski definition) is 3. The van der Waals surface area contributed by atoms with Crippen molar-refractivity contribution in [1.29, 1.82) is 0 Å². The molecule has 3 heteroatoms. The van der Waals surface area contributed by atoms with Gasteiger partial charge in [0.2, 0.25) is 0 Å². The Labute approximate surface area is 123 Å². The highest BCUT2D eigenvalue weighted by atomic mass is 16.5. The second-order valence-electron chi connectivity index (χ2n) is 5.59. The Kier molecular flexibility index (Phi) is 6.51. The number of hydrogen-bond donors (Lipinski definition) is 1. The zero-order valence-corrected chi connectivity index (χ0v) is 12.9. The van der Waals surface area contributed by atoms with Gasteiger partial charge in [0.25, 0.3) is 0 Å². The molecule has 1 aliphatic heterocycles. The van der Waals surface area contributed by atoms with E-state index in [1.165, 1.54) is 24.0 Å². The molecule has 0 bridgehead atoms. The summed E-state index contributed by atoms with van der Waals surface area (Å²) in [4.78, 5) is 2.51. The van der Waals surface area contributed by atoms with Gasteiger partial charge in [-0.05, 0) is 50.5 Å². The summed E-state index contributed by atoms with van der Waals surface area (Å²) in [5.74, 6) is 0. The smallest absolute Gasteiger partial charge is 0.0702 e. The average molecular weight is 276 g/mol. The maximum absolute atomic E-state index is 5.77. The van der Waals surface area contributed by atoms with Gasteiger partial charge in [0.1, 0.15) is 0 Å². The van der Waals surface area contributed by atoms with E-state index in [0.29, 0.717) is 6.10 Å². The highest BCUT2D eigenvalue weighted by molar-refractivity contribution is 5.27. The SMILES string of the molecule is CCN(Cc1ccccc1CCNC)CC1CCCO1. The van der Waals surface area contributed by atoms with E-state index in [9.17, 15) is 0 Å². The van der Waals surface area contributed by atoms with Gasteiger partial charge in [0, 0.05) is 19.7 Å². The fourth-order valence-electron chi connectivity index (χ4n) is 2.84. The van der Waals surface area contributed by atoms with Crippen LogP contribution in [0.15, 0.2) is 24.3 Å². The molecule has 0 radical (unpaired) electrons. The van der Waals surface area contributed by atoms with E-state index in [1.807, 2.05) is 7.05 Å². The molecule has 0 aromatic heterocycles. The first-order chi connectivity index (χ1) is 9.83. The van der Waals surface area contributed by atoms with Crippen LogP contribution in [0.25, 0.3) is 0 Å². The van der Waals surface area contributed by atoms with Crippen LogP contribution in [-0.4, -0.2) is 44.3 Å². The van der Waals surface area contributed by atoms with E-state index < -0.39 is 0 Å². The van der Waals surface area contributed by atoms with Crippen molar-refractivity contribution >= 4 is 0 Å². The number of nitrogens with zero attached hydrogens (tertiary/aromatic N) is 1. The van der Waals surface area contributed by atoms with E-state index in [-0.39, 0.29) is 0 Å². The lowest BCUT2D eigenvalue weighted by Crippen LogP contribution is -2.32. The molecule has 1 aliphatic rings. The van der Waals surface area contributed by atoms with E-state index in [0.717, 1.165) is 39.2 Å². The molecule has 2 rings (SSSR count). The Morgan fingerprint density at radius 3 is 2.75 bits per heavy atom. The summed E-state index contributed by atoms with van der Waals surface area (Å²) in [7, 11) is 2.01. The Bertz CT molecular complexity index is 388. The van der Waals surface area contributed by atoms with Crippen LogP contribution in [0.5, 0.6) is 0 Å². The van der Waals surface area contributed by atoms with Crippen molar-refractivity contribution in [1.82, 2.24) is 10.2 Å². The molecule has 1 atom stereocenters. The normalized spacial score (nSPS) is 18.9. The predicted octanol–water partition coefficient (Wildman–Crippen LogP) is 2.45. The number of benzene rings is 1. The molecule has 1 aromatic carbocycles. The third kappa shape index (κ3) is 4.58. The van der Waals surface area contributed by atoms with Gasteiger partial charge in [0.05, 0.1) is 6.10 Å². The van der Waals surface area contributed by atoms with Gasteiger partial charge in [-0.1, -0.05) is 31.2 Å². The third-order valence-corrected chi connectivity index (χ3v) is 4.09. The van der Waals surface area contributed by atoms with Crippen molar-refractivity contribution in [2.75, 3.05) is 33.3 Å². The Balaban J connectivity index is 1.95. The van der Waals surface area contributed by atoms with Gasteiger partial charge >= 0.3 is 0 Å². The van der Waals surface area contributed by atoms with Gasteiger partial charge in [-0.15, -0.1) is 0 Å². The quantitative estimate of drug-likeness (QED) is 0.789. The molecule has 112 valence electrons. The summed E-state index contributed by atoms with van der Waals surface area (Å²) in [5, 5.41) is 3.24. The molecule has 3 nitrogen and oxygen atoms in total. The van der Waals surface area contributed by atoms with Crippen molar-refractivity contribution < 1.29 is 4.74 Å². The van der Waals surface area contributed by atoms with Gasteiger partial charge < -0.3 is 10.1 Å². The van der Waals surface area contributed by atoms with Crippen molar-refractivity contribution in [3.8, 4) is 0 Å². The van der Waals surface area contributed by atoms with E-state index in [1.54, 1.807) is 0 Å². The maximum Gasteiger partial charge on any atom is 0.0702 e. The van der Waals surface area contributed by atoms with E-state index in [2.05, 4.69) is 41.4 Å². The molecule has 1 saturated heterocycles. The Hall–Kier alpha value is -0.900. The highest BCUT2D eigenvalue weighted by Gasteiger charge is 2.18. The Morgan fingerprint density at radius 2 is 2.10 bits per heavy atom. The van der Waals surface area contributed by atoms with Crippen molar-refractivity contribution in [2.45, 2.75) is 38.8 Å². The zero-order chi connectivity index (χ0) is 14.2. The molecule has 0 amide bonds. The van der Waals surface area contributed by atoms with Crippen LogP contribution in [0.3, 0.4) is 0 Å². The second kappa shape index (κ2) is 8.40. The number of rotatable bonds is 8. The largest absolute Gasteiger partial charge is 0.377 e. The third-order valence-electron chi connectivity index (χ3n) is 4.09. The minimum Gasteiger partial charge on any atom is -0.377 e. The fraction of sp³-hybridized carbons (Fsp3) is 0.647. The van der Waals surface area contributed by atoms with Crippen molar-refractivity contribution in [3.63, 3.8) is 0 Å². The van der Waals surface area contributed by atoms with Crippen LogP contribution in [0.1, 0.15) is 30.9 Å². The predicted molar refractivity (Wildman–Crippen MR) is 84.0 cm³/mol. The molecule has 1 N–H and O–H groups in total. The minimum atomic E-state index is 0.444. The van der Waals surface area contributed by atoms with Crippen LogP contribution in [0.4, 0.5) is 0 Å². The maximum atomic E-state index is 5.77. The fourth-order valence-corrected chi connectivity index (χ4v) is 2.84. The first-order valence-electron chi connectivity index (χ1n) is 7.88. The number of nitrogens with one attached hydrogen (secondary N) is 1. The summed E-state index contributed by atoms with van der Waals surface area (Å²) in [6, 6.07) is 8.82. The molecule has 1 heterocycles. The summed E-state index contributed by atoms with van der Waals surface area (Å²) >= 11 is 0. The molecule has 0 aliphatic carbocycles. The molecule has 0 saturated carbocycles. The average Bonchev–Trinajstić information content (AvgIpc) is 2.98. The van der Waals surface area contributed by atoms with Gasteiger partial charge in [-0.2, -0.15) is 0 Å². The molecular formula is C17H28N2O. The molecule has 1 aromatic rings. The summed E-state index contributed by atoms with van der Waals surface area (Å²) in [6.45, 7) is 7.41. The summed E-state index contributed by atoms with van der Waals surface area (Å²) in [6.07, 6.45) is 3.99. The topological polar surface area (TPSA) is 24.5 Å². The summed E-state index contributed by atoms with van der Waals surface area (Å²) in [5.41, 5.74) is 2.93. The molecule has 1 unspecified atom stereocenters. The van der Waals surface area contributed by atoms with Crippen LogP contribution in [0, 0.1) is 0 Å². The molecule has 1 fully saturated rings. The lowest BCUT2D eigenvalue weighted by molar-refractivity contribution is 0.0724. The Morgan fingerprint density at radius 1 is 1.30 bits per heavy atom. The van der Waals surface area contributed by atoms with E-state index in [4.69, 9.17) is 4.74 Å². The lowest BCUT2D eigenvalue weighted by atomic mass is 10.0. The van der Waals surface area contributed by atoms with Gasteiger partial charge in [-0.25, -0.2) is 0 Å². The first-order valence-corrected chi connectivity index (χ1v) is 7.88. The number of ether oxygens (including phenoxy) is 1. The molecule has 0 spiro atoms. The molecular weight excluding hydrogens is 248 g/mol. The molecule has 20 heavy (non-hydrogen) atoms. The van der Waals surface area contributed by atoms with Crippen LogP contribution in [-0.2, 0) is 17.7 Å².